The van der Waals surface area contributed by atoms with E-state index in [-0.39, 0.29) is 5.91 Å². The molecule has 1 saturated carbocycles. The molecule has 1 aromatic heterocycles. The van der Waals surface area contributed by atoms with Gasteiger partial charge < -0.3 is 9.64 Å². The summed E-state index contributed by atoms with van der Waals surface area (Å²) >= 11 is 1.60. The molecule has 1 amide bonds. The van der Waals surface area contributed by atoms with Gasteiger partial charge in [0.1, 0.15) is 17.4 Å². The van der Waals surface area contributed by atoms with Crippen LogP contribution < -0.4 is 4.74 Å². The third-order valence-electron chi connectivity index (χ3n) is 4.27. The number of ether oxygens (including phenoxy) is 1. The summed E-state index contributed by atoms with van der Waals surface area (Å²) in [6, 6.07) is 8.41. The highest BCUT2D eigenvalue weighted by Gasteiger charge is 2.33. The fourth-order valence-electron chi connectivity index (χ4n) is 2.79. The van der Waals surface area contributed by atoms with Gasteiger partial charge in [-0.2, -0.15) is 0 Å². The number of aromatic nitrogens is 1. The second-order valence-corrected chi connectivity index (χ2v) is 8.08. The zero-order valence-electron chi connectivity index (χ0n) is 15.2. The van der Waals surface area contributed by atoms with Crippen molar-refractivity contribution in [1.29, 1.82) is 0 Å². The zero-order valence-corrected chi connectivity index (χ0v) is 16.0. The molecule has 1 aromatic carbocycles. The summed E-state index contributed by atoms with van der Waals surface area (Å²) in [5, 5.41) is 3.00. The van der Waals surface area contributed by atoms with Gasteiger partial charge in [0.2, 0.25) is 5.91 Å². The molecule has 0 N–H and O–H groups in total. The molecular weight excluding hydrogens is 332 g/mol. The van der Waals surface area contributed by atoms with Gasteiger partial charge in [0.05, 0.1) is 12.2 Å². The van der Waals surface area contributed by atoms with Gasteiger partial charge in [0.25, 0.3) is 0 Å². The van der Waals surface area contributed by atoms with Crippen LogP contribution in [0.15, 0.2) is 29.6 Å². The van der Waals surface area contributed by atoms with Crippen LogP contribution in [0.1, 0.15) is 49.4 Å². The predicted molar refractivity (Wildman–Crippen MR) is 101 cm³/mol. The first-order valence-electron chi connectivity index (χ1n) is 8.94. The largest absolute Gasteiger partial charge is 0.486 e. The van der Waals surface area contributed by atoms with Gasteiger partial charge in [-0.3, -0.25) is 4.79 Å². The van der Waals surface area contributed by atoms with E-state index >= 15 is 0 Å². The number of benzene rings is 1. The van der Waals surface area contributed by atoms with Crippen LogP contribution in [0.3, 0.4) is 0 Å². The van der Waals surface area contributed by atoms with Gasteiger partial charge in [-0.15, -0.1) is 11.3 Å². The van der Waals surface area contributed by atoms with E-state index in [1.807, 2.05) is 36.1 Å². The lowest BCUT2D eigenvalue weighted by molar-refractivity contribution is -0.133. The van der Waals surface area contributed by atoms with Gasteiger partial charge >= 0.3 is 0 Å². The molecule has 2 aromatic rings. The van der Waals surface area contributed by atoms with Gasteiger partial charge in [-0.1, -0.05) is 32.0 Å². The average Bonchev–Trinajstić information content (AvgIpc) is 3.30. The zero-order chi connectivity index (χ0) is 17.8. The third kappa shape index (κ3) is 5.05. The summed E-state index contributed by atoms with van der Waals surface area (Å²) in [6.07, 6.45) is 2.86. The summed E-state index contributed by atoms with van der Waals surface area (Å²) in [4.78, 5) is 19.2. The summed E-state index contributed by atoms with van der Waals surface area (Å²) in [7, 11) is 0. The first-order chi connectivity index (χ1) is 12.0. The third-order valence-corrected chi connectivity index (χ3v) is 5.14. The van der Waals surface area contributed by atoms with Crippen LogP contribution in [0.4, 0.5) is 0 Å². The van der Waals surface area contributed by atoms with Crippen LogP contribution in [0.2, 0.25) is 0 Å². The Bertz CT molecular complexity index is 722. The number of hydrogen-bond donors (Lipinski definition) is 0. The van der Waals surface area contributed by atoms with Crippen molar-refractivity contribution in [2.45, 2.75) is 59.2 Å². The summed E-state index contributed by atoms with van der Waals surface area (Å²) in [5.74, 6) is 1.54. The highest BCUT2D eigenvalue weighted by atomic mass is 32.1. The summed E-state index contributed by atoms with van der Waals surface area (Å²) in [5.41, 5.74) is 2.09. The molecule has 0 saturated heterocycles. The molecule has 0 aliphatic heterocycles. The van der Waals surface area contributed by atoms with Crippen LogP contribution in [0.25, 0.3) is 0 Å². The molecule has 5 heteroatoms. The number of carbonyl (C=O) groups is 1. The van der Waals surface area contributed by atoms with Crippen molar-refractivity contribution in [3.63, 3.8) is 0 Å². The van der Waals surface area contributed by atoms with E-state index in [1.165, 1.54) is 0 Å². The van der Waals surface area contributed by atoms with Crippen molar-refractivity contribution < 1.29 is 9.53 Å². The Balaban J connectivity index is 1.58. The quantitative estimate of drug-likeness (QED) is 0.694. The Morgan fingerprint density at radius 2 is 2.12 bits per heavy atom. The van der Waals surface area contributed by atoms with Gasteiger partial charge in [0.15, 0.2) is 0 Å². The van der Waals surface area contributed by atoms with Crippen LogP contribution >= 0.6 is 11.3 Å². The van der Waals surface area contributed by atoms with E-state index in [0.29, 0.717) is 31.5 Å². The van der Waals surface area contributed by atoms with Crippen molar-refractivity contribution in [2.75, 3.05) is 0 Å². The monoisotopic (exact) mass is 358 g/mol. The Morgan fingerprint density at radius 1 is 1.36 bits per heavy atom. The standard InChI is InChI=1S/C20H26N2O2S/c1-14(2)10-20(23)22(17-8-9-17)11-16-13-25-19(21-16)12-24-18-7-5-4-6-15(18)3/h4-7,13-14,17H,8-12H2,1-3H3. The minimum absolute atomic E-state index is 0.253. The molecule has 0 bridgehead atoms. The van der Waals surface area contributed by atoms with E-state index in [0.717, 1.165) is 34.9 Å². The molecule has 4 nitrogen and oxygen atoms in total. The molecule has 0 spiro atoms. The highest BCUT2D eigenvalue weighted by molar-refractivity contribution is 7.09. The summed E-state index contributed by atoms with van der Waals surface area (Å²) < 4.78 is 5.87. The van der Waals surface area contributed by atoms with E-state index in [2.05, 4.69) is 24.2 Å². The van der Waals surface area contributed by atoms with Crippen LogP contribution in [0.5, 0.6) is 5.75 Å². The van der Waals surface area contributed by atoms with Crippen LogP contribution in [-0.2, 0) is 17.9 Å². The fourth-order valence-corrected chi connectivity index (χ4v) is 3.49. The maximum atomic E-state index is 12.5. The number of para-hydroxylation sites is 1. The maximum Gasteiger partial charge on any atom is 0.223 e. The second kappa shape index (κ2) is 8.00. The molecule has 0 radical (unpaired) electrons. The number of carbonyl (C=O) groups excluding carboxylic acids is 1. The van der Waals surface area contributed by atoms with Gasteiger partial charge in [-0.05, 0) is 37.3 Å². The Morgan fingerprint density at radius 3 is 2.80 bits per heavy atom. The highest BCUT2D eigenvalue weighted by Crippen LogP contribution is 2.30. The minimum atomic E-state index is 0.253. The lowest BCUT2D eigenvalue weighted by Crippen LogP contribution is -2.33. The molecule has 134 valence electrons. The molecule has 1 aliphatic carbocycles. The van der Waals surface area contributed by atoms with Crippen LogP contribution in [-0.4, -0.2) is 21.8 Å². The van der Waals surface area contributed by atoms with Crippen molar-refractivity contribution in [2.24, 2.45) is 5.92 Å². The van der Waals surface area contributed by atoms with Crippen molar-refractivity contribution >= 4 is 17.2 Å². The van der Waals surface area contributed by atoms with Crippen LogP contribution in [0, 0.1) is 12.8 Å². The van der Waals surface area contributed by atoms with E-state index in [4.69, 9.17) is 4.74 Å². The fraction of sp³-hybridized carbons (Fsp3) is 0.500. The Hall–Kier alpha value is -1.88. The maximum absolute atomic E-state index is 12.5. The SMILES string of the molecule is Cc1ccccc1OCc1nc(CN(C(=O)CC(C)C)C2CC2)cs1. The van der Waals surface area contributed by atoms with Gasteiger partial charge in [-0.25, -0.2) is 4.98 Å². The molecule has 1 heterocycles. The Labute approximate surface area is 153 Å². The first-order valence-corrected chi connectivity index (χ1v) is 9.82. The molecular formula is C20H26N2O2S. The number of rotatable bonds is 8. The van der Waals surface area contributed by atoms with Crippen molar-refractivity contribution in [3.8, 4) is 5.75 Å². The normalized spacial score (nSPS) is 13.9. The molecule has 1 fully saturated rings. The molecule has 25 heavy (non-hydrogen) atoms. The molecule has 0 atom stereocenters. The van der Waals surface area contributed by atoms with Crippen molar-refractivity contribution in [1.82, 2.24) is 9.88 Å². The Kier molecular flexibility index (Phi) is 5.74. The predicted octanol–water partition coefficient (Wildman–Crippen LogP) is 4.57. The van der Waals surface area contributed by atoms with E-state index in [1.54, 1.807) is 11.3 Å². The van der Waals surface area contributed by atoms with Crippen molar-refractivity contribution in [3.05, 3.63) is 45.9 Å². The molecule has 0 unspecified atom stereocenters. The number of amides is 1. The number of hydrogen-bond acceptors (Lipinski definition) is 4. The number of thiazole rings is 1. The summed E-state index contributed by atoms with van der Waals surface area (Å²) in [6.45, 7) is 7.31. The smallest absolute Gasteiger partial charge is 0.223 e. The second-order valence-electron chi connectivity index (χ2n) is 7.14. The van der Waals surface area contributed by atoms with E-state index < -0.39 is 0 Å². The number of nitrogens with zero attached hydrogens (tertiary/aromatic N) is 2. The molecule has 3 rings (SSSR count). The lowest BCUT2D eigenvalue weighted by atomic mass is 10.1. The lowest BCUT2D eigenvalue weighted by Gasteiger charge is -2.22. The average molecular weight is 359 g/mol. The van der Waals surface area contributed by atoms with E-state index in [9.17, 15) is 4.79 Å². The molecule has 1 aliphatic rings. The minimum Gasteiger partial charge on any atom is -0.486 e. The van der Waals surface area contributed by atoms with Gasteiger partial charge in [0, 0.05) is 17.8 Å². The topological polar surface area (TPSA) is 42.4 Å². The number of aryl methyl sites for hydroxylation is 1. The first kappa shape index (κ1) is 17.9.